The molecule has 1 aliphatic rings. The smallest absolute Gasteiger partial charge is 0.258 e. The Morgan fingerprint density at radius 3 is 2.83 bits per heavy atom. The third-order valence-corrected chi connectivity index (χ3v) is 5.22. The number of pyridine rings is 1. The SMILES string of the molecule is Cc1cccn2c(=O)cc(CN3CCN(c4nccs4)CC3)nc12. The van der Waals surface area contributed by atoms with E-state index < -0.39 is 0 Å². The molecule has 1 fully saturated rings. The van der Waals surface area contributed by atoms with Crippen molar-refractivity contribution in [2.75, 3.05) is 31.1 Å². The fraction of sp³-hybridized carbons (Fsp3) is 0.353. The second kappa shape index (κ2) is 6.33. The molecule has 4 rings (SSSR count). The maximum absolute atomic E-state index is 12.3. The molecule has 0 spiro atoms. The van der Waals surface area contributed by atoms with Gasteiger partial charge in [-0.2, -0.15) is 0 Å². The maximum atomic E-state index is 12.3. The van der Waals surface area contributed by atoms with Crippen molar-refractivity contribution < 1.29 is 0 Å². The highest BCUT2D eigenvalue weighted by atomic mass is 32.1. The number of anilines is 1. The van der Waals surface area contributed by atoms with Gasteiger partial charge in [0.1, 0.15) is 5.65 Å². The van der Waals surface area contributed by atoms with Crippen LogP contribution in [0.2, 0.25) is 0 Å². The van der Waals surface area contributed by atoms with E-state index in [1.807, 2.05) is 30.6 Å². The van der Waals surface area contributed by atoms with Gasteiger partial charge < -0.3 is 4.90 Å². The quantitative estimate of drug-likeness (QED) is 0.727. The first-order valence-corrected chi connectivity index (χ1v) is 8.93. The van der Waals surface area contributed by atoms with Crippen LogP contribution in [0.25, 0.3) is 5.65 Å². The van der Waals surface area contributed by atoms with Crippen molar-refractivity contribution in [1.82, 2.24) is 19.3 Å². The molecular formula is C17H19N5OS. The third kappa shape index (κ3) is 2.92. The third-order valence-electron chi connectivity index (χ3n) is 4.39. The van der Waals surface area contributed by atoms with Gasteiger partial charge in [-0.15, -0.1) is 11.3 Å². The van der Waals surface area contributed by atoms with E-state index >= 15 is 0 Å². The van der Waals surface area contributed by atoms with Crippen molar-refractivity contribution in [3.63, 3.8) is 0 Å². The monoisotopic (exact) mass is 341 g/mol. The summed E-state index contributed by atoms with van der Waals surface area (Å²) < 4.78 is 1.61. The lowest BCUT2D eigenvalue weighted by molar-refractivity contribution is 0.247. The van der Waals surface area contributed by atoms with Crippen molar-refractivity contribution in [2.24, 2.45) is 0 Å². The Labute approximate surface area is 144 Å². The van der Waals surface area contributed by atoms with E-state index in [0.717, 1.165) is 48.2 Å². The Morgan fingerprint density at radius 2 is 2.08 bits per heavy atom. The van der Waals surface area contributed by atoms with Crippen LogP contribution in [0.4, 0.5) is 5.13 Å². The second-order valence-corrected chi connectivity index (χ2v) is 6.92. The zero-order chi connectivity index (χ0) is 16.5. The van der Waals surface area contributed by atoms with Crippen LogP contribution >= 0.6 is 11.3 Å². The molecule has 0 atom stereocenters. The van der Waals surface area contributed by atoms with Crippen LogP contribution in [0, 0.1) is 6.92 Å². The highest BCUT2D eigenvalue weighted by Gasteiger charge is 2.19. The second-order valence-electron chi connectivity index (χ2n) is 6.05. The zero-order valence-electron chi connectivity index (χ0n) is 13.6. The van der Waals surface area contributed by atoms with E-state index in [9.17, 15) is 4.79 Å². The van der Waals surface area contributed by atoms with Gasteiger partial charge in [0.15, 0.2) is 5.13 Å². The summed E-state index contributed by atoms with van der Waals surface area (Å²) in [5.74, 6) is 0. The van der Waals surface area contributed by atoms with Crippen molar-refractivity contribution in [3.05, 3.63) is 57.6 Å². The predicted octanol–water partition coefficient (Wildman–Crippen LogP) is 1.78. The molecule has 0 N–H and O–H groups in total. The summed E-state index contributed by atoms with van der Waals surface area (Å²) in [6.07, 6.45) is 3.62. The van der Waals surface area contributed by atoms with Gasteiger partial charge in [0.05, 0.1) is 5.69 Å². The molecule has 0 amide bonds. The normalized spacial score (nSPS) is 16.0. The Bertz CT molecular complexity index is 897. The van der Waals surface area contributed by atoms with Crippen molar-refractivity contribution in [2.45, 2.75) is 13.5 Å². The molecule has 3 aromatic rings. The van der Waals surface area contributed by atoms with Gasteiger partial charge in [0, 0.05) is 56.6 Å². The van der Waals surface area contributed by atoms with E-state index in [-0.39, 0.29) is 5.56 Å². The van der Waals surface area contributed by atoms with E-state index in [1.54, 1.807) is 28.0 Å². The Morgan fingerprint density at radius 1 is 1.25 bits per heavy atom. The summed E-state index contributed by atoms with van der Waals surface area (Å²) in [6, 6.07) is 5.51. The molecular weight excluding hydrogens is 322 g/mol. The first-order valence-electron chi connectivity index (χ1n) is 8.05. The minimum atomic E-state index is -0.0138. The summed E-state index contributed by atoms with van der Waals surface area (Å²) in [7, 11) is 0. The number of piperazine rings is 1. The van der Waals surface area contributed by atoms with Crippen LogP contribution in [-0.4, -0.2) is 45.4 Å². The molecule has 0 unspecified atom stereocenters. The average molecular weight is 341 g/mol. The minimum Gasteiger partial charge on any atom is -0.346 e. The molecule has 6 nitrogen and oxygen atoms in total. The fourth-order valence-electron chi connectivity index (χ4n) is 3.09. The molecule has 7 heteroatoms. The molecule has 24 heavy (non-hydrogen) atoms. The molecule has 4 heterocycles. The van der Waals surface area contributed by atoms with Gasteiger partial charge in [-0.1, -0.05) is 6.07 Å². The van der Waals surface area contributed by atoms with Gasteiger partial charge in [0.25, 0.3) is 5.56 Å². The van der Waals surface area contributed by atoms with Crippen LogP contribution in [-0.2, 0) is 6.54 Å². The van der Waals surface area contributed by atoms with Crippen LogP contribution in [0.5, 0.6) is 0 Å². The topological polar surface area (TPSA) is 53.7 Å². The first kappa shape index (κ1) is 15.3. The molecule has 0 aromatic carbocycles. The highest BCUT2D eigenvalue weighted by molar-refractivity contribution is 7.13. The van der Waals surface area contributed by atoms with Crippen LogP contribution in [0.15, 0.2) is 40.8 Å². The summed E-state index contributed by atoms with van der Waals surface area (Å²) in [6.45, 7) is 6.52. The largest absolute Gasteiger partial charge is 0.346 e. The molecule has 1 aliphatic heterocycles. The van der Waals surface area contributed by atoms with Crippen LogP contribution in [0.1, 0.15) is 11.3 Å². The fourth-order valence-corrected chi connectivity index (χ4v) is 3.79. The maximum Gasteiger partial charge on any atom is 0.258 e. The number of aromatic nitrogens is 3. The number of fused-ring (bicyclic) bond motifs is 1. The molecule has 0 bridgehead atoms. The lowest BCUT2D eigenvalue weighted by Crippen LogP contribution is -2.46. The lowest BCUT2D eigenvalue weighted by atomic mass is 10.2. The van der Waals surface area contributed by atoms with Gasteiger partial charge in [-0.3, -0.25) is 14.1 Å². The van der Waals surface area contributed by atoms with E-state index in [2.05, 4.69) is 14.8 Å². The standard InChI is InChI=1S/C17H19N5OS/c1-13-3-2-5-22-15(23)11-14(19-16(13)22)12-20-6-8-21(9-7-20)17-18-4-10-24-17/h2-5,10-11H,6-9,12H2,1H3. The van der Waals surface area contributed by atoms with Gasteiger partial charge in [-0.05, 0) is 18.6 Å². The average Bonchev–Trinajstić information content (AvgIpc) is 3.11. The number of hydrogen-bond acceptors (Lipinski definition) is 6. The molecule has 0 aliphatic carbocycles. The van der Waals surface area contributed by atoms with E-state index in [0.29, 0.717) is 6.54 Å². The van der Waals surface area contributed by atoms with Crippen molar-refractivity contribution in [1.29, 1.82) is 0 Å². The molecule has 0 radical (unpaired) electrons. The number of nitrogens with zero attached hydrogens (tertiary/aromatic N) is 5. The van der Waals surface area contributed by atoms with Crippen LogP contribution < -0.4 is 10.5 Å². The summed E-state index contributed by atoms with van der Waals surface area (Å²) in [4.78, 5) is 26.0. The molecule has 3 aromatic heterocycles. The summed E-state index contributed by atoms with van der Waals surface area (Å²) in [5, 5.41) is 3.10. The first-order chi connectivity index (χ1) is 11.7. The van der Waals surface area contributed by atoms with Crippen molar-refractivity contribution >= 4 is 22.1 Å². The van der Waals surface area contributed by atoms with Gasteiger partial charge in [0.2, 0.25) is 0 Å². The minimum absolute atomic E-state index is 0.0138. The van der Waals surface area contributed by atoms with E-state index in [1.165, 1.54) is 0 Å². The summed E-state index contributed by atoms with van der Waals surface area (Å²) in [5.41, 5.74) is 2.60. The Kier molecular flexibility index (Phi) is 4.03. The number of rotatable bonds is 3. The number of thiazole rings is 1. The zero-order valence-corrected chi connectivity index (χ0v) is 14.4. The number of hydrogen-bond donors (Lipinski definition) is 0. The Hall–Kier alpha value is -2.25. The van der Waals surface area contributed by atoms with Crippen molar-refractivity contribution in [3.8, 4) is 0 Å². The Balaban J connectivity index is 1.49. The van der Waals surface area contributed by atoms with Crippen LogP contribution in [0.3, 0.4) is 0 Å². The van der Waals surface area contributed by atoms with E-state index in [4.69, 9.17) is 4.98 Å². The lowest BCUT2D eigenvalue weighted by Gasteiger charge is -2.34. The van der Waals surface area contributed by atoms with Gasteiger partial charge >= 0.3 is 0 Å². The molecule has 124 valence electrons. The number of aryl methyl sites for hydroxylation is 1. The highest BCUT2D eigenvalue weighted by Crippen LogP contribution is 2.19. The summed E-state index contributed by atoms with van der Waals surface area (Å²) >= 11 is 1.68. The molecule has 0 saturated carbocycles. The predicted molar refractivity (Wildman–Crippen MR) is 95.8 cm³/mol. The van der Waals surface area contributed by atoms with Gasteiger partial charge in [-0.25, -0.2) is 9.97 Å². The molecule has 1 saturated heterocycles.